The molecule has 3 aromatic rings. The van der Waals surface area contributed by atoms with Crippen molar-refractivity contribution in [1.82, 2.24) is 19.9 Å². The van der Waals surface area contributed by atoms with Crippen LogP contribution in [0.2, 0.25) is 0 Å². The van der Waals surface area contributed by atoms with Crippen LogP contribution in [0.5, 0.6) is 0 Å². The number of nitrogens with one attached hydrogen (secondary N) is 1. The van der Waals surface area contributed by atoms with Gasteiger partial charge in [0.2, 0.25) is 0 Å². The third-order valence-corrected chi connectivity index (χ3v) is 5.86. The Balaban J connectivity index is 1.33. The maximum Gasteiger partial charge on any atom is 0.165 e. The van der Waals surface area contributed by atoms with Gasteiger partial charge in [0.05, 0.1) is 18.1 Å². The summed E-state index contributed by atoms with van der Waals surface area (Å²) in [5.41, 5.74) is 4.17. The highest BCUT2D eigenvalue weighted by Crippen LogP contribution is 2.32. The van der Waals surface area contributed by atoms with Crippen LogP contribution in [0.4, 0.5) is 5.82 Å². The number of hydrogen-bond donors (Lipinski definition) is 1. The van der Waals surface area contributed by atoms with Crippen LogP contribution in [0.1, 0.15) is 29.3 Å². The molecule has 144 valence electrons. The van der Waals surface area contributed by atoms with Crippen molar-refractivity contribution in [2.75, 3.05) is 25.0 Å². The minimum absolute atomic E-state index is 0.158. The molecule has 0 amide bonds. The van der Waals surface area contributed by atoms with Crippen LogP contribution in [-0.2, 0) is 4.74 Å². The standard InChI is InChI=1S/C22H25N5O/c1-14-8-15(2)25-21-20(14)22(24-13-23-21)26-17-9-18-12-28-19(11-27(18)10-17)16-6-4-3-5-7-16/h3-8,13,17-19H,9-12H2,1-2H3,(H,23,24,25,26)/t17-,18+,19-/m1/s1. The Labute approximate surface area is 165 Å². The second-order valence-electron chi connectivity index (χ2n) is 7.92. The molecule has 2 saturated heterocycles. The molecule has 0 spiro atoms. The number of hydrogen-bond acceptors (Lipinski definition) is 6. The normalized spacial score (nSPS) is 25.0. The van der Waals surface area contributed by atoms with E-state index in [1.807, 2.05) is 6.92 Å². The molecule has 2 aromatic heterocycles. The fraction of sp³-hybridized carbons (Fsp3) is 0.409. The molecule has 4 heterocycles. The second kappa shape index (κ2) is 7.11. The van der Waals surface area contributed by atoms with Crippen molar-refractivity contribution in [3.05, 3.63) is 59.5 Å². The fourth-order valence-electron chi connectivity index (χ4n) is 4.56. The predicted octanol–water partition coefficient (Wildman–Crippen LogP) is 3.27. The highest BCUT2D eigenvalue weighted by molar-refractivity contribution is 5.89. The second-order valence-corrected chi connectivity index (χ2v) is 7.92. The highest BCUT2D eigenvalue weighted by Gasteiger charge is 2.38. The van der Waals surface area contributed by atoms with E-state index in [2.05, 4.69) is 68.5 Å². The van der Waals surface area contributed by atoms with Gasteiger partial charge in [-0.1, -0.05) is 30.3 Å². The number of aromatic nitrogens is 3. The number of fused-ring (bicyclic) bond motifs is 2. The minimum atomic E-state index is 0.158. The average Bonchev–Trinajstić information content (AvgIpc) is 3.09. The van der Waals surface area contributed by atoms with Crippen molar-refractivity contribution in [3.8, 4) is 0 Å². The van der Waals surface area contributed by atoms with Gasteiger partial charge in [0.1, 0.15) is 12.1 Å². The van der Waals surface area contributed by atoms with Crippen LogP contribution in [-0.4, -0.2) is 51.6 Å². The van der Waals surface area contributed by atoms with Crippen molar-refractivity contribution in [3.63, 3.8) is 0 Å². The molecule has 5 rings (SSSR count). The zero-order valence-electron chi connectivity index (χ0n) is 16.3. The monoisotopic (exact) mass is 375 g/mol. The number of nitrogens with zero attached hydrogens (tertiary/aromatic N) is 4. The summed E-state index contributed by atoms with van der Waals surface area (Å²) in [4.78, 5) is 16.0. The summed E-state index contributed by atoms with van der Waals surface area (Å²) in [6.45, 7) is 6.82. The Morgan fingerprint density at radius 1 is 1.11 bits per heavy atom. The molecule has 3 atom stereocenters. The molecule has 0 aliphatic carbocycles. The van der Waals surface area contributed by atoms with Gasteiger partial charge in [-0.2, -0.15) is 0 Å². The molecule has 0 saturated carbocycles. The van der Waals surface area contributed by atoms with Crippen LogP contribution in [0.3, 0.4) is 0 Å². The highest BCUT2D eigenvalue weighted by atomic mass is 16.5. The van der Waals surface area contributed by atoms with Crippen LogP contribution in [0.15, 0.2) is 42.7 Å². The number of rotatable bonds is 3. The molecule has 1 N–H and O–H groups in total. The van der Waals surface area contributed by atoms with Gasteiger partial charge < -0.3 is 10.1 Å². The largest absolute Gasteiger partial charge is 0.371 e. The molecule has 0 radical (unpaired) electrons. The first kappa shape index (κ1) is 17.5. The molecule has 0 unspecified atom stereocenters. The van der Waals surface area contributed by atoms with Gasteiger partial charge in [-0.3, -0.25) is 4.90 Å². The fourth-order valence-corrected chi connectivity index (χ4v) is 4.56. The lowest BCUT2D eigenvalue weighted by Gasteiger charge is -2.35. The van der Waals surface area contributed by atoms with Crippen molar-refractivity contribution < 1.29 is 4.74 Å². The average molecular weight is 375 g/mol. The van der Waals surface area contributed by atoms with Gasteiger partial charge in [0, 0.05) is 30.9 Å². The molecule has 2 fully saturated rings. The van der Waals surface area contributed by atoms with E-state index in [0.29, 0.717) is 12.1 Å². The lowest BCUT2D eigenvalue weighted by atomic mass is 10.1. The molecule has 2 aliphatic heterocycles. The molecule has 1 aromatic carbocycles. The van der Waals surface area contributed by atoms with Crippen molar-refractivity contribution >= 4 is 16.9 Å². The van der Waals surface area contributed by atoms with Crippen molar-refractivity contribution in [2.45, 2.75) is 38.5 Å². The summed E-state index contributed by atoms with van der Waals surface area (Å²) in [5, 5.41) is 4.69. The maximum absolute atomic E-state index is 6.17. The summed E-state index contributed by atoms with van der Waals surface area (Å²) < 4.78 is 6.17. The summed E-state index contributed by atoms with van der Waals surface area (Å²) in [5.74, 6) is 0.889. The van der Waals surface area contributed by atoms with E-state index >= 15 is 0 Å². The van der Waals surface area contributed by atoms with Crippen LogP contribution < -0.4 is 5.32 Å². The van der Waals surface area contributed by atoms with Crippen LogP contribution in [0, 0.1) is 13.8 Å². The summed E-state index contributed by atoms with van der Waals surface area (Å²) in [6, 6.07) is 13.4. The quantitative estimate of drug-likeness (QED) is 0.758. The number of morpholine rings is 1. The Morgan fingerprint density at radius 2 is 1.96 bits per heavy atom. The summed E-state index contributed by atoms with van der Waals surface area (Å²) in [7, 11) is 0. The lowest BCUT2D eigenvalue weighted by molar-refractivity contribution is -0.0501. The van der Waals surface area contributed by atoms with Gasteiger partial charge in [0.15, 0.2) is 5.65 Å². The molecule has 6 heteroatoms. The molecule has 28 heavy (non-hydrogen) atoms. The van der Waals surface area contributed by atoms with E-state index in [9.17, 15) is 0 Å². The van der Waals surface area contributed by atoms with Crippen LogP contribution >= 0.6 is 0 Å². The van der Waals surface area contributed by atoms with Gasteiger partial charge in [0.25, 0.3) is 0 Å². The number of ether oxygens (including phenoxy) is 1. The number of anilines is 1. The Hall–Kier alpha value is -2.57. The van der Waals surface area contributed by atoms with E-state index in [-0.39, 0.29) is 6.10 Å². The number of pyridine rings is 1. The van der Waals surface area contributed by atoms with E-state index in [1.165, 1.54) is 5.56 Å². The molecule has 0 bridgehead atoms. The van der Waals surface area contributed by atoms with E-state index in [1.54, 1.807) is 6.33 Å². The van der Waals surface area contributed by atoms with Crippen molar-refractivity contribution in [1.29, 1.82) is 0 Å². The Bertz CT molecular complexity index is 993. The Kier molecular flexibility index (Phi) is 4.45. The number of aryl methyl sites for hydroxylation is 2. The predicted molar refractivity (Wildman–Crippen MR) is 109 cm³/mol. The molecule has 2 aliphatic rings. The first-order valence-electron chi connectivity index (χ1n) is 9.93. The zero-order chi connectivity index (χ0) is 19.1. The Morgan fingerprint density at radius 3 is 2.82 bits per heavy atom. The molecule has 6 nitrogen and oxygen atoms in total. The van der Waals surface area contributed by atoms with Crippen LogP contribution in [0.25, 0.3) is 11.0 Å². The van der Waals surface area contributed by atoms with Gasteiger partial charge in [-0.05, 0) is 37.5 Å². The first-order valence-corrected chi connectivity index (χ1v) is 9.93. The van der Waals surface area contributed by atoms with E-state index < -0.39 is 0 Å². The smallest absolute Gasteiger partial charge is 0.165 e. The van der Waals surface area contributed by atoms with Gasteiger partial charge in [-0.15, -0.1) is 0 Å². The van der Waals surface area contributed by atoms with E-state index in [0.717, 1.165) is 54.2 Å². The molecular weight excluding hydrogens is 350 g/mol. The lowest BCUT2D eigenvalue weighted by Crippen LogP contribution is -2.42. The molecular formula is C22H25N5O. The topological polar surface area (TPSA) is 63.2 Å². The minimum Gasteiger partial charge on any atom is -0.371 e. The van der Waals surface area contributed by atoms with Gasteiger partial charge in [-0.25, -0.2) is 15.0 Å². The summed E-state index contributed by atoms with van der Waals surface area (Å²) in [6.07, 6.45) is 2.82. The van der Waals surface area contributed by atoms with Gasteiger partial charge >= 0.3 is 0 Å². The summed E-state index contributed by atoms with van der Waals surface area (Å²) >= 11 is 0. The zero-order valence-corrected chi connectivity index (χ0v) is 16.3. The SMILES string of the molecule is Cc1cc(C)c2c(N[C@@H]3C[C@H]4CO[C@@H](c5ccccc5)CN4C3)ncnc2n1. The third-order valence-electron chi connectivity index (χ3n) is 5.86. The number of benzene rings is 1. The van der Waals surface area contributed by atoms with Crippen molar-refractivity contribution in [2.24, 2.45) is 0 Å². The first-order chi connectivity index (χ1) is 13.7. The maximum atomic E-state index is 6.17. The third kappa shape index (κ3) is 3.23. The van der Waals surface area contributed by atoms with E-state index in [4.69, 9.17) is 4.74 Å².